The summed E-state index contributed by atoms with van der Waals surface area (Å²) in [6, 6.07) is 8.22. The molecule has 1 aliphatic heterocycles. The van der Waals surface area contributed by atoms with Gasteiger partial charge in [-0.05, 0) is 49.8 Å². The second-order valence-electron chi connectivity index (χ2n) is 7.93. The number of alkyl carbamates (subject to hydrolysis) is 1. The predicted molar refractivity (Wildman–Crippen MR) is 110 cm³/mol. The average molecular weight is 452 g/mol. The number of nitrogens with zero attached hydrogens (tertiary/aromatic N) is 4. The van der Waals surface area contributed by atoms with Crippen LogP contribution in [0.15, 0.2) is 35.5 Å². The zero-order valence-corrected chi connectivity index (χ0v) is 18.2. The zero-order valence-electron chi connectivity index (χ0n) is 17.3. The van der Waals surface area contributed by atoms with E-state index in [9.17, 15) is 19.8 Å². The molecular formula is C19H25N5O6S. The molecule has 1 saturated heterocycles. The van der Waals surface area contributed by atoms with Crippen LogP contribution in [0.1, 0.15) is 27.2 Å². The quantitative estimate of drug-likeness (QED) is 0.405. The Kier molecular flexibility index (Phi) is 7.13. The van der Waals surface area contributed by atoms with E-state index in [2.05, 4.69) is 20.8 Å². The van der Waals surface area contributed by atoms with Crippen molar-refractivity contribution in [3.05, 3.63) is 30.3 Å². The van der Waals surface area contributed by atoms with Crippen LogP contribution in [0.25, 0.3) is 5.69 Å². The van der Waals surface area contributed by atoms with Crippen LogP contribution in [0, 0.1) is 0 Å². The van der Waals surface area contributed by atoms with Crippen molar-refractivity contribution in [1.29, 1.82) is 0 Å². The number of aliphatic hydroxyl groups is 2. The lowest BCUT2D eigenvalue weighted by molar-refractivity contribution is -0.150. The lowest BCUT2D eigenvalue weighted by atomic mass is 10.0. The molecule has 11 nitrogen and oxygen atoms in total. The first kappa shape index (κ1) is 23.0. The molecule has 12 heteroatoms. The van der Waals surface area contributed by atoms with Crippen LogP contribution in [-0.4, -0.2) is 78.2 Å². The number of amides is 1. The van der Waals surface area contributed by atoms with Gasteiger partial charge >= 0.3 is 12.1 Å². The largest absolute Gasteiger partial charge is 0.455 e. The number of thioether (sulfide) groups is 1. The SMILES string of the molecule is CC(C)(C)OC(=O)N[C@@H]1[C@@H]([C@@H](O)CCSc2nnnn2-c2ccccc2)OC(=O)[C@H]1O. The molecule has 0 bridgehead atoms. The summed E-state index contributed by atoms with van der Waals surface area (Å²) in [5, 5.41) is 35.2. The molecule has 0 saturated carbocycles. The Morgan fingerprint density at radius 3 is 2.74 bits per heavy atom. The molecule has 1 aliphatic rings. The Balaban J connectivity index is 1.58. The summed E-state index contributed by atoms with van der Waals surface area (Å²) in [7, 11) is 0. The van der Waals surface area contributed by atoms with Gasteiger partial charge in [-0.3, -0.25) is 0 Å². The van der Waals surface area contributed by atoms with Gasteiger partial charge in [0.25, 0.3) is 0 Å². The number of para-hydroxylation sites is 1. The highest BCUT2D eigenvalue weighted by Gasteiger charge is 2.48. The second-order valence-corrected chi connectivity index (χ2v) is 8.99. The highest BCUT2D eigenvalue weighted by atomic mass is 32.2. The first-order chi connectivity index (χ1) is 14.7. The normalized spacial score (nSPS) is 22.1. The third kappa shape index (κ3) is 5.93. The van der Waals surface area contributed by atoms with Crippen molar-refractivity contribution in [2.75, 3.05) is 5.75 Å². The molecule has 1 amide bonds. The highest BCUT2D eigenvalue weighted by Crippen LogP contribution is 2.24. The summed E-state index contributed by atoms with van der Waals surface area (Å²) >= 11 is 1.31. The van der Waals surface area contributed by atoms with Gasteiger partial charge in [-0.25, -0.2) is 9.59 Å². The van der Waals surface area contributed by atoms with Crippen LogP contribution in [0.4, 0.5) is 4.79 Å². The lowest BCUT2D eigenvalue weighted by Crippen LogP contribution is -2.52. The molecule has 1 aromatic heterocycles. The summed E-state index contributed by atoms with van der Waals surface area (Å²) in [6.07, 6.45) is -4.45. The molecule has 0 spiro atoms. The summed E-state index contributed by atoms with van der Waals surface area (Å²) in [6.45, 7) is 5.06. The molecule has 168 valence electrons. The van der Waals surface area contributed by atoms with Crippen molar-refractivity contribution in [2.45, 2.75) is 62.3 Å². The molecule has 0 aliphatic carbocycles. The van der Waals surface area contributed by atoms with Crippen LogP contribution in [0.5, 0.6) is 0 Å². The number of hydrogen-bond acceptors (Lipinski definition) is 10. The van der Waals surface area contributed by atoms with Crippen molar-refractivity contribution < 1.29 is 29.3 Å². The minimum absolute atomic E-state index is 0.198. The minimum Gasteiger partial charge on any atom is -0.455 e. The number of esters is 1. The molecule has 3 rings (SSSR count). The van der Waals surface area contributed by atoms with Gasteiger partial charge in [0, 0.05) is 5.75 Å². The summed E-state index contributed by atoms with van der Waals surface area (Å²) in [5.74, 6) is -0.511. The number of aromatic nitrogens is 4. The topological polar surface area (TPSA) is 149 Å². The van der Waals surface area contributed by atoms with Gasteiger partial charge < -0.3 is 25.0 Å². The van der Waals surface area contributed by atoms with E-state index in [4.69, 9.17) is 9.47 Å². The smallest absolute Gasteiger partial charge is 0.408 e. The van der Waals surface area contributed by atoms with Gasteiger partial charge in [0.15, 0.2) is 12.2 Å². The van der Waals surface area contributed by atoms with Crippen LogP contribution < -0.4 is 5.32 Å². The van der Waals surface area contributed by atoms with Gasteiger partial charge in [0.05, 0.1) is 11.8 Å². The Morgan fingerprint density at radius 1 is 1.35 bits per heavy atom. The van der Waals surface area contributed by atoms with Crippen LogP contribution in [-0.2, 0) is 14.3 Å². The number of hydrogen-bond donors (Lipinski definition) is 3. The van der Waals surface area contributed by atoms with Gasteiger partial charge in [-0.1, -0.05) is 30.0 Å². The van der Waals surface area contributed by atoms with Crippen molar-refractivity contribution in [2.24, 2.45) is 0 Å². The molecule has 0 unspecified atom stereocenters. The van der Waals surface area contributed by atoms with E-state index in [1.54, 1.807) is 25.5 Å². The predicted octanol–water partition coefficient (Wildman–Crippen LogP) is 0.685. The zero-order chi connectivity index (χ0) is 22.6. The van der Waals surface area contributed by atoms with Crippen molar-refractivity contribution in [3.63, 3.8) is 0 Å². The Hall–Kier alpha value is -2.70. The maximum absolute atomic E-state index is 12.1. The fraction of sp³-hybridized carbons (Fsp3) is 0.526. The summed E-state index contributed by atoms with van der Waals surface area (Å²) in [5.41, 5.74) is 0.0384. The maximum atomic E-state index is 12.1. The Bertz CT molecular complexity index is 903. The molecule has 1 fully saturated rings. The number of tetrazole rings is 1. The molecule has 2 aromatic rings. The average Bonchev–Trinajstić information content (AvgIpc) is 3.27. The number of rotatable bonds is 7. The molecule has 0 radical (unpaired) electrons. The van der Waals surface area contributed by atoms with Crippen molar-refractivity contribution in [3.8, 4) is 5.69 Å². The first-order valence-electron chi connectivity index (χ1n) is 9.68. The molecule has 2 heterocycles. The van der Waals surface area contributed by atoms with E-state index < -0.39 is 42.0 Å². The number of carbonyl (C=O) groups excluding carboxylic acids is 2. The van der Waals surface area contributed by atoms with Crippen molar-refractivity contribution in [1.82, 2.24) is 25.5 Å². The van der Waals surface area contributed by atoms with E-state index in [-0.39, 0.29) is 6.42 Å². The van der Waals surface area contributed by atoms with Crippen LogP contribution in [0.3, 0.4) is 0 Å². The monoisotopic (exact) mass is 451 g/mol. The third-order valence-corrected chi connectivity index (χ3v) is 5.29. The van der Waals surface area contributed by atoms with E-state index in [1.807, 2.05) is 30.3 Å². The summed E-state index contributed by atoms with van der Waals surface area (Å²) in [4.78, 5) is 23.9. The number of cyclic esters (lactones) is 1. The number of carbonyl (C=O) groups is 2. The number of ether oxygens (including phenoxy) is 2. The fourth-order valence-corrected chi connectivity index (χ4v) is 3.86. The first-order valence-corrected chi connectivity index (χ1v) is 10.7. The van der Waals surface area contributed by atoms with E-state index in [0.717, 1.165) is 5.69 Å². The highest BCUT2D eigenvalue weighted by molar-refractivity contribution is 7.99. The van der Waals surface area contributed by atoms with Gasteiger partial charge in [0.1, 0.15) is 11.6 Å². The molecule has 4 atom stereocenters. The lowest BCUT2D eigenvalue weighted by Gasteiger charge is -2.26. The second kappa shape index (κ2) is 9.62. The third-order valence-electron chi connectivity index (χ3n) is 4.34. The minimum atomic E-state index is -1.59. The van der Waals surface area contributed by atoms with E-state index in [0.29, 0.717) is 10.9 Å². The van der Waals surface area contributed by atoms with Gasteiger partial charge in [0.2, 0.25) is 5.16 Å². The number of aliphatic hydroxyl groups excluding tert-OH is 2. The maximum Gasteiger partial charge on any atom is 0.408 e. The van der Waals surface area contributed by atoms with Crippen molar-refractivity contribution >= 4 is 23.8 Å². The molecule has 3 N–H and O–H groups in total. The van der Waals surface area contributed by atoms with Gasteiger partial charge in [-0.15, -0.1) is 5.10 Å². The fourth-order valence-electron chi connectivity index (χ4n) is 2.96. The standard InChI is InChI=1S/C19H25N5O6S/c1-19(2,3)30-18(28)20-13-14(26)16(27)29-15(13)12(25)9-10-31-17-21-22-23-24(17)11-7-5-4-6-8-11/h4-8,12-15,25-26H,9-10H2,1-3H3,(H,20,28)/t12-,13-,14-,15+/m0/s1. The molecule has 31 heavy (non-hydrogen) atoms. The number of benzene rings is 1. The van der Waals surface area contributed by atoms with Crippen LogP contribution in [0.2, 0.25) is 0 Å². The Labute approximate surface area is 183 Å². The molecular weight excluding hydrogens is 426 g/mol. The van der Waals surface area contributed by atoms with Gasteiger partial charge in [-0.2, -0.15) is 4.68 Å². The Morgan fingerprint density at radius 2 is 2.06 bits per heavy atom. The molecule has 1 aromatic carbocycles. The summed E-state index contributed by atoms with van der Waals surface area (Å²) < 4.78 is 11.8. The van der Waals surface area contributed by atoms with Crippen LogP contribution >= 0.6 is 11.8 Å². The number of nitrogens with one attached hydrogen (secondary N) is 1. The van der Waals surface area contributed by atoms with E-state index >= 15 is 0 Å². The van der Waals surface area contributed by atoms with E-state index in [1.165, 1.54) is 11.8 Å².